The summed E-state index contributed by atoms with van der Waals surface area (Å²) in [5, 5.41) is 66.2. The maximum Gasteiger partial charge on any atom is 0.161 e. The van der Waals surface area contributed by atoms with Gasteiger partial charge in [0.15, 0.2) is 69.0 Å². The van der Waals surface area contributed by atoms with Crippen LogP contribution in [0.1, 0.15) is 381 Å². The fraction of sp³-hybridized carbons (Fsp3) is 0.692. The Balaban J connectivity index is 0.000000204. The Bertz CT molecular complexity index is 8350. The molecule has 0 saturated carbocycles. The molecule has 18 atom stereocenters. The monoisotopic (exact) mass is 2030 g/mol. The number of hydrogen-bond donors (Lipinski definition) is 6. The minimum atomic E-state index is -4.29. The van der Waals surface area contributed by atoms with Crippen molar-refractivity contribution < 1.29 is 185 Å². The molecule has 0 spiro atoms. The second-order valence-corrected chi connectivity index (χ2v) is 38.0. The Hall–Kier alpha value is -7.56. The Morgan fingerprint density at radius 3 is 0.801 bits per heavy atom. The van der Waals surface area contributed by atoms with Crippen LogP contribution in [0.4, 0.5) is 0 Å². The van der Waals surface area contributed by atoms with Crippen molar-refractivity contribution in [2.45, 2.75) is 291 Å². The molecule has 18 rings (SSSR count). The molecule has 24 heteroatoms. The maximum atomic E-state index is 11.5. The zero-order chi connectivity index (χ0) is 164. The molecule has 18 unspecified atom stereocenters. The summed E-state index contributed by atoms with van der Waals surface area (Å²) in [6.07, 6.45) is -37.3. The maximum absolute atomic E-state index is 11.5. The topological polar surface area (TPSA) is 252 Å². The van der Waals surface area contributed by atoms with Crippen LogP contribution in [0.3, 0.4) is 0 Å². The van der Waals surface area contributed by atoms with Gasteiger partial charge in [-0.05, 0) is 324 Å². The summed E-state index contributed by atoms with van der Waals surface area (Å²) in [5.41, 5.74) is -12.5. The van der Waals surface area contributed by atoms with Crippen LogP contribution in [0.5, 0.6) is 69.0 Å². The van der Waals surface area contributed by atoms with Gasteiger partial charge in [0.2, 0.25) is 0 Å². The molecule has 6 saturated heterocycles. The normalized spacial score (nSPS) is 41.2. The third-order valence-corrected chi connectivity index (χ3v) is 25.7. The number of piperidine rings is 6. The molecule has 0 radical (unpaired) electrons. The van der Waals surface area contributed by atoms with Crippen molar-refractivity contribution in [1.29, 1.82) is 0 Å². The number of hydrogen-bond acceptors (Lipinski definition) is 24. The molecular weight excluding hydrogens is 1780 g/mol. The zero-order valence-electron chi connectivity index (χ0n) is 153. The second kappa shape index (κ2) is 48.4. The van der Waals surface area contributed by atoms with Gasteiger partial charge in [-0.25, -0.2) is 0 Å². The van der Waals surface area contributed by atoms with Gasteiger partial charge in [0.1, 0.15) is 0 Å². The molecule has 0 bridgehead atoms. The molecule has 786 valence electrons. The lowest BCUT2D eigenvalue weighted by molar-refractivity contribution is -0.0259. The minimum Gasteiger partial charge on any atom is -0.493 e. The summed E-state index contributed by atoms with van der Waals surface area (Å²) in [6, 6.07) is -13.3. The SMILES string of the molecule is [2H]c1c(OC([2H])([2H])[2H])c(OC)c([2H])c2c1C1CC(O)C(C([2H])([2H])C(C)(C([2H])([2H])[2H])C([2H])([2H])[2H])CN1C([2H])([2H])C2([2H])[2H].[2H]c1c(OC([2H])([2H])[2H])c(OC)c([2H])c2c1C1CC(O)C(CC(C)C)CN1C([2H])([2H])C2([2H])[2H].[2H]c1c(OC)c(OC)c([2H])c2c1C1CC(O)C(C([2H])([2H])C(C)(C([2H])([2H])[2H])C([2H])([2H])[2H])CN1C([2H])([2H])C2([2H])[2H].[2H]c1c(OC)c(OC)c([2H])c2c1C1CC(O)C(CC(C)C)CN1C([2H])([2H])C2([2H])[2H].[2H]c1c(OC)c(OC)c([2H])c2c1C1CC(O)C(CC(C)C)CN1C([2H])([2H])C2([2H])[2H].[2H]c1c2c(c([2H])c(OC([2H])([2H])[2H])c1OC)C1N(CC2)C([2H])([2H])C([2H])(C([2H])([2H])C(C)(C([2H])([2H])[2H])C([2H])([2H])[2H])C([2H])(O)C1([2H])[2H]. The van der Waals surface area contributed by atoms with Gasteiger partial charge in [-0.3, -0.25) is 29.4 Å². The molecule has 0 aromatic heterocycles. The molecular formula is C117H180N6O18. The van der Waals surface area contributed by atoms with E-state index in [9.17, 15) is 30.6 Å². The molecule has 6 N–H and O–H groups in total. The van der Waals surface area contributed by atoms with Gasteiger partial charge in [0.05, 0.1) is 152 Å². The van der Waals surface area contributed by atoms with E-state index in [0.29, 0.717) is 49.8 Å². The summed E-state index contributed by atoms with van der Waals surface area (Å²) in [4.78, 5) is 6.27. The smallest absolute Gasteiger partial charge is 0.161 e. The van der Waals surface area contributed by atoms with E-state index in [-0.39, 0.29) is 166 Å². The van der Waals surface area contributed by atoms with Crippen LogP contribution in [-0.2, 0) is 38.3 Å². The molecule has 24 nitrogen and oxygen atoms in total. The zero-order valence-corrected chi connectivity index (χ0v) is 82.3. The molecule has 6 aromatic rings. The average molecular weight is 2030 g/mol. The van der Waals surface area contributed by atoms with Gasteiger partial charge in [-0.2, -0.15) is 0 Å². The van der Waals surface area contributed by atoms with E-state index < -0.39 is 409 Å². The molecule has 12 aliphatic heterocycles. The number of ether oxygens (including phenoxy) is 12. The fourth-order valence-corrected chi connectivity index (χ4v) is 19.4. The van der Waals surface area contributed by atoms with E-state index in [1.54, 1.807) is 0 Å². The highest BCUT2D eigenvalue weighted by Gasteiger charge is 2.47. The summed E-state index contributed by atoms with van der Waals surface area (Å²) >= 11 is 0. The average Bonchev–Trinajstić information content (AvgIpc) is 0.644. The first-order valence-electron chi connectivity index (χ1n) is 81.9. The predicted octanol–water partition coefficient (Wildman–Crippen LogP) is 19.3. The number of methoxy groups -OCH3 is 12. The fourth-order valence-electron chi connectivity index (χ4n) is 19.4. The Morgan fingerprint density at radius 1 is 0.326 bits per heavy atom. The highest BCUT2D eigenvalue weighted by Crippen LogP contribution is 2.53. The first-order chi connectivity index (χ1) is 95.2. The molecule has 6 aromatic carbocycles. The van der Waals surface area contributed by atoms with Crippen LogP contribution in [0, 0.1) is 69.5 Å². The highest BCUT2D eigenvalue weighted by molar-refractivity contribution is 5.55. The molecule has 12 heterocycles. The molecule has 0 aliphatic carbocycles. The van der Waals surface area contributed by atoms with Crippen LogP contribution in [0.15, 0.2) is 72.5 Å². The molecule has 0 amide bonds. The first-order valence-corrected chi connectivity index (χ1v) is 46.4. The number of nitrogens with zero attached hydrogens (tertiary/aromatic N) is 6. The van der Waals surface area contributed by atoms with Crippen molar-refractivity contribution in [3.8, 4) is 69.0 Å². The molecule has 12 aliphatic rings. The molecule has 6 fully saturated rings. The standard InChI is InChI=1S/3C20H31NO3.3C19H29NO3/c3*1-20(2,3)11-14-12-21-7-6-13-8-18(23-4)19(24-5)9-15(13)16(21)10-17(14)22;3*1-12(2)7-14-11-20-6-5-13-8-18(22-3)19(23-4)9-15(13)16(20)10-17(14)21/h3*8-9,14,16-17,22H,6-7,10-12H2,1-5H3;3*8-9,12,14,16-17,21H,5-7,10-11H2,1-4H3/i1D3,2D3,5D3,8D,9D,10D2,11D2,12D2,14D,17D;1D3,2D3,5D3,6D2,7D2,8D,9D,11D2;1D3,2D3,6D2,7D2,8D,9D,11D2;4D3,5D2,6D2,8D,9D;2*5D2,6D2,8D,9D. The van der Waals surface area contributed by atoms with E-state index in [0.717, 1.165) is 38.1 Å². The third kappa shape index (κ3) is 26.9. The number of aliphatic hydroxyl groups is 6. The summed E-state index contributed by atoms with van der Waals surface area (Å²) in [6.45, 7) is -26.2. The van der Waals surface area contributed by atoms with Crippen molar-refractivity contribution >= 4 is 0 Å². The Morgan fingerprint density at radius 2 is 0.553 bits per heavy atom. The first kappa shape index (κ1) is 50.0. The summed E-state index contributed by atoms with van der Waals surface area (Å²) in [7, 11) is 1.64. The van der Waals surface area contributed by atoms with Crippen LogP contribution >= 0.6 is 0 Å². The van der Waals surface area contributed by atoms with Crippen LogP contribution in [0.2, 0.25) is 0 Å². The van der Waals surface area contributed by atoms with Crippen molar-refractivity contribution in [3.05, 3.63) is 139 Å². The lowest BCUT2D eigenvalue weighted by atomic mass is 9.75. The summed E-state index contributed by atoms with van der Waals surface area (Å²) in [5.74, 6) is -12.0. The predicted molar refractivity (Wildman–Crippen MR) is 561 cm³/mol. The van der Waals surface area contributed by atoms with Crippen LogP contribution < -0.4 is 56.8 Å². The van der Waals surface area contributed by atoms with E-state index >= 15 is 0 Å². The second-order valence-electron chi connectivity index (χ2n) is 38.0. The number of rotatable bonds is 21. The lowest BCUT2D eigenvalue weighted by Gasteiger charge is -2.47. The Kier molecular flexibility index (Phi) is 17.1. The van der Waals surface area contributed by atoms with Crippen LogP contribution in [0.25, 0.3) is 0 Å². The van der Waals surface area contributed by atoms with E-state index in [2.05, 4.69) is 0 Å². The van der Waals surface area contributed by atoms with Gasteiger partial charge in [-0.15, -0.1) is 0 Å². The van der Waals surface area contributed by atoms with Crippen LogP contribution in [-0.4, -0.2) is 260 Å². The molecule has 141 heavy (non-hydrogen) atoms. The number of aliphatic hydroxyl groups excluding tert-OH is 5. The van der Waals surface area contributed by atoms with Crippen molar-refractivity contribution in [3.63, 3.8) is 0 Å². The number of benzene rings is 6. The number of fused-ring (bicyclic) bond motifs is 18. The Labute approximate surface area is 946 Å². The minimum absolute atomic E-state index is 0.0187. The largest absolute Gasteiger partial charge is 0.493 e. The van der Waals surface area contributed by atoms with Gasteiger partial charge in [0, 0.05) is 182 Å². The van der Waals surface area contributed by atoms with Gasteiger partial charge < -0.3 is 87.5 Å². The third-order valence-electron chi connectivity index (χ3n) is 25.7. The lowest BCUT2D eigenvalue weighted by Crippen LogP contribution is -2.48. The van der Waals surface area contributed by atoms with Gasteiger partial charge in [-0.1, -0.05) is 103 Å². The summed E-state index contributed by atoms with van der Waals surface area (Å²) < 4.78 is 652. The quantitative estimate of drug-likeness (QED) is 0.0392. The van der Waals surface area contributed by atoms with E-state index in [1.165, 1.54) is 57.4 Å². The van der Waals surface area contributed by atoms with Crippen molar-refractivity contribution in [2.24, 2.45) is 69.5 Å². The van der Waals surface area contributed by atoms with Gasteiger partial charge >= 0.3 is 0 Å². The van der Waals surface area contributed by atoms with E-state index in [4.69, 9.17) is 154 Å². The van der Waals surface area contributed by atoms with Crippen molar-refractivity contribution in [2.75, 3.05) is 163 Å². The van der Waals surface area contributed by atoms with E-state index in [1.807, 2.05) is 41.5 Å². The highest BCUT2D eigenvalue weighted by atomic mass is 16.5. The van der Waals surface area contributed by atoms with Gasteiger partial charge in [0.25, 0.3) is 0 Å². The van der Waals surface area contributed by atoms with Crippen molar-refractivity contribution in [1.82, 2.24) is 29.4 Å².